The summed E-state index contributed by atoms with van der Waals surface area (Å²) in [5.74, 6) is 1.31. The summed E-state index contributed by atoms with van der Waals surface area (Å²) in [4.78, 5) is 18.1. The van der Waals surface area contributed by atoms with E-state index in [4.69, 9.17) is 9.47 Å². The highest BCUT2D eigenvalue weighted by atomic mass is 16.5. The molecule has 0 aliphatic carbocycles. The van der Waals surface area contributed by atoms with Gasteiger partial charge < -0.3 is 19.8 Å². The minimum atomic E-state index is -0.0988. The van der Waals surface area contributed by atoms with Gasteiger partial charge in [-0.05, 0) is 44.1 Å². The quantitative estimate of drug-likeness (QED) is 0.853. The van der Waals surface area contributed by atoms with E-state index in [1.165, 1.54) is 6.42 Å². The van der Waals surface area contributed by atoms with Gasteiger partial charge in [-0.3, -0.25) is 9.69 Å². The topological polar surface area (TPSA) is 66.6 Å². The molecule has 130 valence electrons. The summed E-state index contributed by atoms with van der Waals surface area (Å²) in [6.07, 6.45) is 2.34. The molecule has 0 saturated carbocycles. The van der Waals surface area contributed by atoms with Gasteiger partial charge >= 0.3 is 0 Å². The van der Waals surface area contributed by atoms with E-state index in [1.54, 1.807) is 14.2 Å². The van der Waals surface area contributed by atoms with Crippen LogP contribution in [0, 0.1) is 0 Å². The summed E-state index contributed by atoms with van der Waals surface area (Å²) in [5.41, 5.74) is 1.30. The number of hydrogen-bond acceptors (Lipinski definition) is 4. The number of benzene rings is 1. The average molecular weight is 331 g/mol. The maximum Gasteiger partial charge on any atom is 0.267 e. The number of likely N-dealkylation sites (N-methyl/N-ethyl adjacent to an activating group) is 1. The Balaban J connectivity index is 1.77. The zero-order valence-corrected chi connectivity index (χ0v) is 14.5. The van der Waals surface area contributed by atoms with Gasteiger partial charge in [0.15, 0.2) is 0 Å². The summed E-state index contributed by atoms with van der Waals surface area (Å²) in [5, 5.41) is 3.89. The predicted molar refractivity (Wildman–Crippen MR) is 94.0 cm³/mol. The number of fused-ring (bicyclic) bond motifs is 1. The lowest BCUT2D eigenvalue weighted by molar-refractivity contribution is 0.0937. The minimum absolute atomic E-state index is 0.0988. The number of H-pyrrole nitrogens is 1. The number of likely N-dealkylation sites (tertiary alicyclic amines) is 1. The van der Waals surface area contributed by atoms with E-state index in [0.29, 0.717) is 29.8 Å². The number of aromatic amines is 1. The Kier molecular flexibility index (Phi) is 4.94. The van der Waals surface area contributed by atoms with Gasteiger partial charge in [0.2, 0.25) is 0 Å². The van der Waals surface area contributed by atoms with Crippen LogP contribution in [0.4, 0.5) is 0 Å². The van der Waals surface area contributed by atoms with Gasteiger partial charge in [-0.1, -0.05) is 6.92 Å². The van der Waals surface area contributed by atoms with Crippen LogP contribution in [0.15, 0.2) is 18.2 Å². The summed E-state index contributed by atoms with van der Waals surface area (Å²) in [6, 6.07) is 5.93. The lowest BCUT2D eigenvalue weighted by atomic mass is 10.2. The Morgan fingerprint density at radius 1 is 1.33 bits per heavy atom. The Bertz CT molecular complexity index is 685. The SMILES string of the molecule is CCN1CCC[C@H]1CNC(=O)c1cc2c(OC)ccc(OC)c2[nH]1. The van der Waals surface area contributed by atoms with Crippen molar-refractivity contribution in [2.24, 2.45) is 0 Å². The number of amides is 1. The van der Waals surface area contributed by atoms with Gasteiger partial charge in [0.25, 0.3) is 5.91 Å². The fraction of sp³-hybridized carbons (Fsp3) is 0.500. The van der Waals surface area contributed by atoms with Crippen molar-refractivity contribution in [1.82, 2.24) is 15.2 Å². The van der Waals surface area contributed by atoms with Gasteiger partial charge in [-0.2, -0.15) is 0 Å². The molecule has 1 amide bonds. The molecule has 0 bridgehead atoms. The lowest BCUT2D eigenvalue weighted by Crippen LogP contribution is -2.40. The summed E-state index contributed by atoms with van der Waals surface area (Å²) < 4.78 is 10.7. The molecule has 24 heavy (non-hydrogen) atoms. The Labute approximate surface area is 142 Å². The van der Waals surface area contributed by atoms with E-state index >= 15 is 0 Å². The highest BCUT2D eigenvalue weighted by molar-refractivity contribution is 6.01. The molecule has 0 spiro atoms. The number of carbonyl (C=O) groups is 1. The summed E-state index contributed by atoms with van der Waals surface area (Å²) in [6.45, 7) is 4.99. The number of ether oxygens (including phenoxy) is 2. The van der Waals surface area contributed by atoms with Crippen LogP contribution in [0.1, 0.15) is 30.3 Å². The second-order valence-corrected chi connectivity index (χ2v) is 6.08. The van der Waals surface area contributed by atoms with E-state index in [2.05, 4.69) is 22.1 Å². The largest absolute Gasteiger partial charge is 0.496 e. The molecule has 1 fully saturated rings. The molecular weight excluding hydrogens is 306 g/mol. The molecule has 6 heteroatoms. The maximum absolute atomic E-state index is 12.5. The van der Waals surface area contributed by atoms with Crippen molar-refractivity contribution in [3.63, 3.8) is 0 Å². The third-order valence-corrected chi connectivity index (χ3v) is 4.80. The zero-order valence-electron chi connectivity index (χ0n) is 14.5. The van der Waals surface area contributed by atoms with Gasteiger partial charge in [0.05, 0.1) is 19.7 Å². The van der Waals surface area contributed by atoms with Crippen LogP contribution in [0.5, 0.6) is 11.5 Å². The first-order valence-corrected chi connectivity index (χ1v) is 8.43. The molecule has 3 rings (SSSR count). The van der Waals surface area contributed by atoms with Gasteiger partial charge in [0, 0.05) is 18.0 Å². The van der Waals surface area contributed by atoms with Gasteiger partial charge in [0.1, 0.15) is 17.2 Å². The second kappa shape index (κ2) is 7.13. The number of methoxy groups -OCH3 is 2. The monoisotopic (exact) mass is 331 g/mol. The third kappa shape index (κ3) is 3.06. The molecule has 2 N–H and O–H groups in total. The van der Waals surface area contributed by atoms with Crippen molar-refractivity contribution in [3.05, 3.63) is 23.9 Å². The number of nitrogens with zero attached hydrogens (tertiary/aromatic N) is 1. The first kappa shape index (κ1) is 16.6. The fourth-order valence-corrected chi connectivity index (χ4v) is 3.49. The van der Waals surface area contributed by atoms with Crippen LogP contribution in [0.3, 0.4) is 0 Å². The molecule has 0 unspecified atom stereocenters. The van der Waals surface area contributed by atoms with Crippen LogP contribution in [-0.2, 0) is 0 Å². The van der Waals surface area contributed by atoms with Crippen molar-refractivity contribution in [3.8, 4) is 11.5 Å². The molecule has 2 aromatic rings. The summed E-state index contributed by atoms with van der Waals surface area (Å²) >= 11 is 0. The minimum Gasteiger partial charge on any atom is -0.496 e. The van der Waals surface area contributed by atoms with Crippen LogP contribution in [0.2, 0.25) is 0 Å². The number of nitrogens with one attached hydrogen (secondary N) is 2. The first-order chi connectivity index (χ1) is 11.7. The maximum atomic E-state index is 12.5. The van der Waals surface area contributed by atoms with E-state index < -0.39 is 0 Å². The Hall–Kier alpha value is -2.21. The molecular formula is C18H25N3O3. The standard InChI is InChI=1S/C18H25N3O3/c1-4-21-9-5-6-12(21)11-19-18(22)14-10-13-15(23-2)7-8-16(24-3)17(13)20-14/h7-8,10,12,20H,4-6,9,11H2,1-3H3,(H,19,22)/t12-/m0/s1. The van der Waals surface area contributed by atoms with Crippen molar-refractivity contribution in [2.75, 3.05) is 33.9 Å². The van der Waals surface area contributed by atoms with Gasteiger partial charge in [-0.25, -0.2) is 0 Å². The summed E-state index contributed by atoms with van der Waals surface area (Å²) in [7, 11) is 3.23. The average Bonchev–Trinajstić information content (AvgIpc) is 3.25. The van der Waals surface area contributed by atoms with E-state index in [9.17, 15) is 4.79 Å². The molecule has 1 aromatic heterocycles. The van der Waals surface area contributed by atoms with Gasteiger partial charge in [-0.15, -0.1) is 0 Å². The number of rotatable bonds is 6. The Morgan fingerprint density at radius 3 is 2.79 bits per heavy atom. The van der Waals surface area contributed by atoms with Crippen LogP contribution < -0.4 is 14.8 Å². The van der Waals surface area contributed by atoms with E-state index in [0.717, 1.165) is 30.4 Å². The van der Waals surface area contributed by atoms with Crippen LogP contribution >= 0.6 is 0 Å². The Morgan fingerprint density at radius 2 is 2.08 bits per heavy atom. The van der Waals surface area contributed by atoms with Crippen molar-refractivity contribution >= 4 is 16.8 Å². The lowest BCUT2D eigenvalue weighted by Gasteiger charge is -2.22. The molecule has 1 saturated heterocycles. The molecule has 1 aromatic carbocycles. The first-order valence-electron chi connectivity index (χ1n) is 8.43. The fourth-order valence-electron chi connectivity index (χ4n) is 3.49. The van der Waals surface area contributed by atoms with Crippen LogP contribution in [0.25, 0.3) is 10.9 Å². The smallest absolute Gasteiger partial charge is 0.267 e. The zero-order chi connectivity index (χ0) is 17.1. The van der Waals surface area contributed by atoms with E-state index in [-0.39, 0.29) is 5.91 Å². The molecule has 1 aliphatic heterocycles. The number of aromatic nitrogens is 1. The number of hydrogen-bond donors (Lipinski definition) is 2. The van der Waals surface area contributed by atoms with E-state index in [1.807, 2.05) is 18.2 Å². The molecule has 6 nitrogen and oxygen atoms in total. The van der Waals surface area contributed by atoms with Crippen molar-refractivity contribution in [2.45, 2.75) is 25.8 Å². The highest BCUT2D eigenvalue weighted by Gasteiger charge is 2.24. The number of carbonyl (C=O) groups excluding carboxylic acids is 1. The third-order valence-electron chi connectivity index (χ3n) is 4.80. The molecule has 1 atom stereocenters. The molecule has 0 radical (unpaired) electrons. The molecule has 2 heterocycles. The van der Waals surface area contributed by atoms with Crippen LogP contribution in [-0.4, -0.2) is 55.7 Å². The van der Waals surface area contributed by atoms with Crippen molar-refractivity contribution in [1.29, 1.82) is 0 Å². The normalized spacial score (nSPS) is 18.0. The van der Waals surface area contributed by atoms with Crippen molar-refractivity contribution < 1.29 is 14.3 Å². The predicted octanol–water partition coefficient (Wildman–Crippen LogP) is 2.40. The highest BCUT2D eigenvalue weighted by Crippen LogP contribution is 2.33. The second-order valence-electron chi connectivity index (χ2n) is 6.08. The molecule has 1 aliphatic rings.